The van der Waals surface area contributed by atoms with Crippen molar-refractivity contribution in [1.29, 1.82) is 0 Å². The lowest BCUT2D eigenvalue weighted by atomic mass is 10.1. The lowest BCUT2D eigenvalue weighted by Gasteiger charge is -2.26. The zero-order valence-electron chi connectivity index (χ0n) is 18.4. The monoisotopic (exact) mass is 449 g/mol. The van der Waals surface area contributed by atoms with E-state index in [-0.39, 0.29) is 30.0 Å². The second-order valence-electron chi connectivity index (χ2n) is 7.51. The summed E-state index contributed by atoms with van der Waals surface area (Å²) in [6.45, 7) is 6.29. The maximum atomic E-state index is 11.9. The van der Waals surface area contributed by atoms with Gasteiger partial charge in [0.2, 0.25) is 5.91 Å². The van der Waals surface area contributed by atoms with E-state index in [1.165, 1.54) is 36.6 Å². The number of hydrogen-bond acceptors (Lipinski definition) is 6. The van der Waals surface area contributed by atoms with Crippen LogP contribution in [0.25, 0.3) is 0 Å². The molecule has 31 heavy (non-hydrogen) atoms. The molecule has 0 spiro atoms. The Bertz CT molecular complexity index is 723. The van der Waals surface area contributed by atoms with Crippen molar-refractivity contribution < 1.29 is 14.7 Å². The first kappa shape index (κ1) is 25.0. The van der Waals surface area contributed by atoms with E-state index < -0.39 is 0 Å². The summed E-state index contributed by atoms with van der Waals surface area (Å²) in [7, 11) is 0. The lowest BCUT2D eigenvalue weighted by molar-refractivity contribution is -0.118. The number of thioether (sulfide) groups is 1. The van der Waals surface area contributed by atoms with Gasteiger partial charge in [0, 0.05) is 43.7 Å². The van der Waals surface area contributed by atoms with Gasteiger partial charge in [-0.3, -0.25) is 14.7 Å². The molecule has 0 saturated carbocycles. The number of aliphatic hydroxyl groups is 1. The first-order valence-corrected chi connectivity index (χ1v) is 12.1. The van der Waals surface area contributed by atoms with Gasteiger partial charge in [-0.15, -0.1) is 0 Å². The van der Waals surface area contributed by atoms with Crippen LogP contribution in [0, 0.1) is 0 Å². The number of nitrogens with zero attached hydrogens (tertiary/aromatic N) is 2. The Kier molecular flexibility index (Phi) is 11.9. The summed E-state index contributed by atoms with van der Waals surface area (Å²) in [5, 5.41) is 18.1. The molecule has 1 aliphatic rings. The van der Waals surface area contributed by atoms with E-state index in [1.807, 2.05) is 19.2 Å². The molecule has 0 unspecified atom stereocenters. The van der Waals surface area contributed by atoms with Crippen molar-refractivity contribution in [2.75, 3.05) is 44.2 Å². The van der Waals surface area contributed by atoms with Crippen molar-refractivity contribution >= 4 is 23.7 Å². The van der Waals surface area contributed by atoms with Crippen LogP contribution >= 0.6 is 11.8 Å². The SMILES string of the molecule is CCNC(=O)NCCSCC(=O)NC/C(O)=C/Cc1cc(CN2CCCCC2)ccn1. The Hall–Kier alpha value is -2.26. The topological polar surface area (TPSA) is 107 Å². The minimum Gasteiger partial charge on any atom is -0.511 e. The summed E-state index contributed by atoms with van der Waals surface area (Å²) >= 11 is 1.43. The Labute approximate surface area is 189 Å². The first-order chi connectivity index (χ1) is 15.1. The number of pyridine rings is 1. The molecule has 2 heterocycles. The van der Waals surface area contributed by atoms with Gasteiger partial charge in [-0.05, 0) is 56.6 Å². The molecule has 0 aromatic carbocycles. The number of likely N-dealkylation sites (tertiary alicyclic amines) is 1. The zero-order chi connectivity index (χ0) is 22.3. The molecule has 3 amide bonds. The second-order valence-corrected chi connectivity index (χ2v) is 8.61. The highest BCUT2D eigenvalue weighted by molar-refractivity contribution is 7.99. The Balaban J connectivity index is 1.63. The van der Waals surface area contributed by atoms with Crippen molar-refractivity contribution in [3.05, 3.63) is 41.4 Å². The average molecular weight is 450 g/mol. The molecule has 0 atom stereocenters. The van der Waals surface area contributed by atoms with Gasteiger partial charge in [-0.2, -0.15) is 11.8 Å². The summed E-state index contributed by atoms with van der Waals surface area (Å²) in [6.07, 6.45) is 7.90. The summed E-state index contributed by atoms with van der Waals surface area (Å²) in [4.78, 5) is 30.0. The highest BCUT2D eigenvalue weighted by Gasteiger charge is 2.10. The third kappa shape index (κ3) is 11.1. The summed E-state index contributed by atoms with van der Waals surface area (Å²) in [6, 6.07) is 3.93. The molecule has 1 saturated heterocycles. The van der Waals surface area contributed by atoms with Crippen LogP contribution in [0.1, 0.15) is 37.4 Å². The Morgan fingerprint density at radius 1 is 1.23 bits per heavy atom. The summed E-state index contributed by atoms with van der Waals surface area (Å²) < 4.78 is 0. The number of hydrogen-bond donors (Lipinski definition) is 4. The molecular weight excluding hydrogens is 414 g/mol. The number of piperidine rings is 1. The molecule has 1 fully saturated rings. The fraction of sp³-hybridized carbons (Fsp3) is 0.591. The number of aliphatic hydroxyl groups excluding tert-OH is 1. The molecule has 172 valence electrons. The van der Waals surface area contributed by atoms with E-state index in [9.17, 15) is 14.7 Å². The van der Waals surface area contributed by atoms with E-state index in [2.05, 4.69) is 31.9 Å². The number of rotatable bonds is 12. The fourth-order valence-electron chi connectivity index (χ4n) is 3.27. The van der Waals surface area contributed by atoms with Gasteiger partial charge in [0.25, 0.3) is 0 Å². The van der Waals surface area contributed by atoms with E-state index in [0.717, 1.165) is 25.3 Å². The number of allylic oxidation sites excluding steroid dienone is 1. The molecule has 9 heteroatoms. The normalized spacial score (nSPS) is 14.8. The van der Waals surface area contributed by atoms with E-state index in [4.69, 9.17) is 0 Å². The van der Waals surface area contributed by atoms with Crippen molar-refractivity contribution in [2.45, 2.75) is 39.2 Å². The number of amides is 3. The van der Waals surface area contributed by atoms with Crippen LogP contribution in [0.2, 0.25) is 0 Å². The summed E-state index contributed by atoms with van der Waals surface area (Å²) in [5.41, 5.74) is 2.15. The molecule has 8 nitrogen and oxygen atoms in total. The largest absolute Gasteiger partial charge is 0.511 e. The van der Waals surface area contributed by atoms with E-state index in [1.54, 1.807) is 6.08 Å². The number of carbonyl (C=O) groups excluding carboxylic acids is 2. The number of urea groups is 1. The second kappa shape index (κ2) is 14.7. The highest BCUT2D eigenvalue weighted by atomic mass is 32.2. The van der Waals surface area contributed by atoms with E-state index >= 15 is 0 Å². The number of carbonyl (C=O) groups is 2. The fourth-order valence-corrected chi connectivity index (χ4v) is 3.95. The van der Waals surface area contributed by atoms with Gasteiger partial charge in [0.05, 0.1) is 12.3 Å². The summed E-state index contributed by atoms with van der Waals surface area (Å²) in [5.74, 6) is 0.903. The molecule has 1 aliphatic heterocycles. The molecule has 4 N–H and O–H groups in total. The third-order valence-corrected chi connectivity index (χ3v) is 5.81. The smallest absolute Gasteiger partial charge is 0.314 e. The van der Waals surface area contributed by atoms with Crippen molar-refractivity contribution in [3.63, 3.8) is 0 Å². The standard InChI is InChI=1S/C22H35N5O3S/c1-2-23-22(30)25-10-13-31-17-21(29)26-15-20(28)7-6-19-14-18(8-9-24-19)16-27-11-4-3-5-12-27/h7-9,14,28H,2-6,10-13,15-17H2,1H3,(H,26,29)(H2,23,25,30)/b20-7-. The predicted molar refractivity (Wildman–Crippen MR) is 125 cm³/mol. The van der Waals surface area contributed by atoms with Crippen LogP contribution in [-0.4, -0.2) is 71.2 Å². The molecule has 1 aromatic rings. The average Bonchev–Trinajstić information content (AvgIpc) is 2.77. The van der Waals surface area contributed by atoms with Crippen LogP contribution in [0.5, 0.6) is 0 Å². The Morgan fingerprint density at radius 2 is 2.03 bits per heavy atom. The third-order valence-electron chi connectivity index (χ3n) is 4.85. The van der Waals surface area contributed by atoms with Gasteiger partial charge in [-0.1, -0.05) is 6.42 Å². The van der Waals surface area contributed by atoms with Crippen LogP contribution in [0.3, 0.4) is 0 Å². The van der Waals surface area contributed by atoms with Crippen molar-refractivity contribution in [2.24, 2.45) is 0 Å². The maximum Gasteiger partial charge on any atom is 0.314 e. The number of nitrogens with one attached hydrogen (secondary N) is 3. The first-order valence-electron chi connectivity index (χ1n) is 11.0. The molecular formula is C22H35N5O3S. The maximum absolute atomic E-state index is 11.9. The van der Waals surface area contributed by atoms with Crippen LogP contribution in [0.15, 0.2) is 30.2 Å². The molecule has 2 rings (SSSR count). The van der Waals surface area contributed by atoms with Crippen molar-refractivity contribution in [3.8, 4) is 0 Å². The molecule has 0 aliphatic carbocycles. The van der Waals surface area contributed by atoms with Gasteiger partial charge in [0.15, 0.2) is 0 Å². The molecule has 0 radical (unpaired) electrons. The van der Waals surface area contributed by atoms with E-state index in [0.29, 0.717) is 25.3 Å². The van der Waals surface area contributed by atoms with Gasteiger partial charge >= 0.3 is 6.03 Å². The minimum atomic E-state index is -0.200. The minimum absolute atomic E-state index is 0.101. The van der Waals surface area contributed by atoms with Crippen LogP contribution in [0.4, 0.5) is 4.79 Å². The van der Waals surface area contributed by atoms with Gasteiger partial charge in [-0.25, -0.2) is 4.79 Å². The zero-order valence-corrected chi connectivity index (χ0v) is 19.2. The highest BCUT2D eigenvalue weighted by Crippen LogP contribution is 2.13. The quantitative estimate of drug-likeness (QED) is 0.288. The predicted octanol–water partition coefficient (Wildman–Crippen LogP) is 2.22. The van der Waals surface area contributed by atoms with Gasteiger partial charge in [0.1, 0.15) is 5.76 Å². The molecule has 0 bridgehead atoms. The van der Waals surface area contributed by atoms with Crippen LogP contribution in [-0.2, 0) is 17.8 Å². The lowest BCUT2D eigenvalue weighted by Crippen LogP contribution is -2.36. The molecule has 1 aromatic heterocycles. The Morgan fingerprint density at radius 3 is 2.81 bits per heavy atom. The van der Waals surface area contributed by atoms with Crippen LogP contribution < -0.4 is 16.0 Å². The number of aromatic nitrogens is 1. The van der Waals surface area contributed by atoms with Gasteiger partial charge < -0.3 is 21.1 Å². The van der Waals surface area contributed by atoms with Crippen molar-refractivity contribution in [1.82, 2.24) is 25.8 Å².